The Bertz CT molecular complexity index is 490. The van der Waals surface area contributed by atoms with Gasteiger partial charge in [0, 0.05) is 31.4 Å². The van der Waals surface area contributed by atoms with E-state index < -0.39 is 10.0 Å². The van der Waals surface area contributed by atoms with Crippen molar-refractivity contribution in [2.75, 3.05) is 25.4 Å². The maximum absolute atomic E-state index is 12.2. The zero-order chi connectivity index (χ0) is 13.7. The molecule has 1 aromatic rings. The maximum atomic E-state index is 12.2. The first-order chi connectivity index (χ1) is 9.12. The first kappa shape index (κ1) is 14.4. The third-order valence-electron chi connectivity index (χ3n) is 3.56. The third-order valence-corrected chi connectivity index (χ3v) is 5.40. The smallest absolute Gasteiger partial charge is 0.214 e. The zero-order valence-corrected chi connectivity index (χ0v) is 11.8. The number of hydrogen-bond acceptors (Lipinski definition) is 4. The second kappa shape index (κ2) is 6.45. The maximum Gasteiger partial charge on any atom is 0.214 e. The van der Waals surface area contributed by atoms with Crippen molar-refractivity contribution in [3.63, 3.8) is 0 Å². The van der Waals surface area contributed by atoms with Crippen LogP contribution in [-0.2, 0) is 16.4 Å². The first-order valence-electron chi connectivity index (χ1n) is 6.69. The van der Waals surface area contributed by atoms with Crippen molar-refractivity contribution in [3.8, 4) is 0 Å². The minimum absolute atomic E-state index is 0.138. The average molecular weight is 283 g/mol. The normalized spacial score (nSPS) is 20.8. The highest BCUT2D eigenvalue weighted by Gasteiger charge is 2.30. The molecule has 1 aromatic heterocycles. The van der Waals surface area contributed by atoms with Gasteiger partial charge in [-0.1, -0.05) is 6.07 Å². The van der Waals surface area contributed by atoms with Crippen molar-refractivity contribution in [2.24, 2.45) is 11.7 Å². The molecule has 1 saturated heterocycles. The van der Waals surface area contributed by atoms with Gasteiger partial charge in [-0.05, 0) is 37.4 Å². The van der Waals surface area contributed by atoms with Gasteiger partial charge in [0.25, 0.3) is 0 Å². The Kier molecular flexibility index (Phi) is 4.90. The molecule has 0 amide bonds. The Morgan fingerprint density at radius 3 is 2.95 bits per heavy atom. The quantitative estimate of drug-likeness (QED) is 0.830. The summed E-state index contributed by atoms with van der Waals surface area (Å²) in [6, 6.07) is 5.56. The van der Waals surface area contributed by atoms with Crippen molar-refractivity contribution in [1.82, 2.24) is 9.29 Å². The van der Waals surface area contributed by atoms with Crippen LogP contribution < -0.4 is 5.73 Å². The molecule has 1 aliphatic heterocycles. The molecule has 0 spiro atoms. The Hall–Kier alpha value is -0.980. The van der Waals surface area contributed by atoms with E-state index in [9.17, 15) is 8.42 Å². The lowest BCUT2D eigenvalue weighted by atomic mass is 10.1. The lowest BCUT2D eigenvalue weighted by Crippen LogP contribution is -2.32. The van der Waals surface area contributed by atoms with Gasteiger partial charge in [0.2, 0.25) is 10.0 Å². The summed E-state index contributed by atoms with van der Waals surface area (Å²) in [7, 11) is -3.16. The molecule has 5 nitrogen and oxygen atoms in total. The van der Waals surface area contributed by atoms with E-state index in [-0.39, 0.29) is 5.75 Å². The van der Waals surface area contributed by atoms with E-state index in [2.05, 4.69) is 4.98 Å². The third kappa shape index (κ3) is 3.99. The van der Waals surface area contributed by atoms with Crippen LogP contribution in [0.2, 0.25) is 0 Å². The van der Waals surface area contributed by atoms with Gasteiger partial charge in [0.05, 0.1) is 5.75 Å². The largest absolute Gasteiger partial charge is 0.330 e. The van der Waals surface area contributed by atoms with E-state index in [1.807, 2.05) is 18.2 Å². The summed E-state index contributed by atoms with van der Waals surface area (Å²) in [4.78, 5) is 4.15. The zero-order valence-electron chi connectivity index (χ0n) is 11.0. The molecular weight excluding hydrogens is 262 g/mol. The molecule has 106 valence electrons. The van der Waals surface area contributed by atoms with Crippen LogP contribution in [0.3, 0.4) is 0 Å². The van der Waals surface area contributed by atoms with Crippen LogP contribution in [-0.4, -0.2) is 43.1 Å². The van der Waals surface area contributed by atoms with E-state index in [4.69, 9.17) is 5.73 Å². The van der Waals surface area contributed by atoms with Gasteiger partial charge in [-0.15, -0.1) is 0 Å². The number of pyridine rings is 1. The van der Waals surface area contributed by atoms with Gasteiger partial charge in [-0.25, -0.2) is 12.7 Å². The van der Waals surface area contributed by atoms with Crippen LogP contribution in [0.5, 0.6) is 0 Å². The van der Waals surface area contributed by atoms with Gasteiger partial charge in [0.15, 0.2) is 0 Å². The fourth-order valence-electron chi connectivity index (χ4n) is 2.43. The topological polar surface area (TPSA) is 76.3 Å². The lowest BCUT2D eigenvalue weighted by molar-refractivity contribution is 0.448. The van der Waals surface area contributed by atoms with Gasteiger partial charge >= 0.3 is 0 Å². The van der Waals surface area contributed by atoms with Crippen LogP contribution >= 0.6 is 0 Å². The highest BCUT2D eigenvalue weighted by molar-refractivity contribution is 7.89. The molecule has 19 heavy (non-hydrogen) atoms. The Labute approximate surface area is 114 Å². The molecule has 2 N–H and O–H groups in total. The first-order valence-corrected chi connectivity index (χ1v) is 8.30. The molecule has 0 bridgehead atoms. The molecule has 1 fully saturated rings. The second-order valence-electron chi connectivity index (χ2n) is 4.98. The highest BCUT2D eigenvalue weighted by atomic mass is 32.2. The molecule has 0 aliphatic carbocycles. The van der Waals surface area contributed by atoms with Crippen LogP contribution in [0.4, 0.5) is 0 Å². The number of aromatic nitrogens is 1. The molecule has 0 radical (unpaired) electrons. The summed E-state index contributed by atoms with van der Waals surface area (Å²) >= 11 is 0. The van der Waals surface area contributed by atoms with Crippen molar-refractivity contribution in [3.05, 3.63) is 30.1 Å². The van der Waals surface area contributed by atoms with E-state index in [1.165, 1.54) is 0 Å². The van der Waals surface area contributed by atoms with Crippen molar-refractivity contribution in [2.45, 2.75) is 19.3 Å². The Balaban J connectivity index is 1.89. The van der Waals surface area contributed by atoms with Gasteiger partial charge in [-0.3, -0.25) is 4.98 Å². The minimum atomic E-state index is -3.16. The number of nitrogens with zero attached hydrogens (tertiary/aromatic N) is 2. The molecule has 0 aromatic carbocycles. The summed E-state index contributed by atoms with van der Waals surface area (Å²) in [5, 5.41) is 0. The fraction of sp³-hybridized carbons (Fsp3) is 0.615. The Morgan fingerprint density at radius 1 is 1.42 bits per heavy atom. The van der Waals surface area contributed by atoms with Crippen LogP contribution in [0.15, 0.2) is 24.4 Å². The van der Waals surface area contributed by atoms with Gasteiger partial charge in [-0.2, -0.15) is 0 Å². The highest BCUT2D eigenvalue weighted by Crippen LogP contribution is 2.22. The van der Waals surface area contributed by atoms with E-state index in [0.717, 1.165) is 18.5 Å². The summed E-state index contributed by atoms with van der Waals surface area (Å²) in [6.07, 6.45) is 4.00. The standard InChI is InChI=1S/C13H21N3O2S/c14-7-4-12-5-9-16(11-12)19(17,18)10-6-13-3-1-2-8-15-13/h1-3,8,12H,4-7,9-11,14H2. The van der Waals surface area contributed by atoms with Crippen molar-refractivity contribution >= 4 is 10.0 Å². The summed E-state index contributed by atoms with van der Waals surface area (Å²) in [6.45, 7) is 1.89. The van der Waals surface area contributed by atoms with Gasteiger partial charge in [0.1, 0.15) is 0 Å². The van der Waals surface area contributed by atoms with Gasteiger partial charge < -0.3 is 5.73 Å². The molecule has 2 rings (SSSR count). The molecule has 1 unspecified atom stereocenters. The van der Waals surface area contributed by atoms with E-state index >= 15 is 0 Å². The SMILES string of the molecule is NCCC1CCN(S(=O)(=O)CCc2ccccn2)C1. The summed E-state index contributed by atoms with van der Waals surface area (Å²) in [5.74, 6) is 0.564. The summed E-state index contributed by atoms with van der Waals surface area (Å²) in [5.41, 5.74) is 6.34. The molecule has 1 atom stereocenters. The number of nitrogens with two attached hydrogens (primary N) is 1. The predicted molar refractivity (Wildman–Crippen MR) is 75.1 cm³/mol. The van der Waals surface area contributed by atoms with E-state index in [1.54, 1.807) is 10.5 Å². The lowest BCUT2D eigenvalue weighted by Gasteiger charge is -2.16. The van der Waals surface area contributed by atoms with Crippen molar-refractivity contribution in [1.29, 1.82) is 0 Å². The summed E-state index contributed by atoms with van der Waals surface area (Å²) < 4.78 is 26.1. The molecule has 6 heteroatoms. The molecule has 2 heterocycles. The van der Waals surface area contributed by atoms with Crippen LogP contribution in [0.25, 0.3) is 0 Å². The monoisotopic (exact) mass is 283 g/mol. The number of aryl methyl sites for hydroxylation is 1. The number of hydrogen-bond donors (Lipinski definition) is 1. The minimum Gasteiger partial charge on any atom is -0.330 e. The number of sulfonamides is 1. The Morgan fingerprint density at radius 2 is 2.26 bits per heavy atom. The van der Waals surface area contributed by atoms with E-state index in [0.29, 0.717) is 32.0 Å². The fourth-order valence-corrected chi connectivity index (χ4v) is 3.98. The second-order valence-corrected chi connectivity index (χ2v) is 7.07. The molecular formula is C13H21N3O2S. The number of rotatable bonds is 6. The molecule has 0 saturated carbocycles. The van der Waals surface area contributed by atoms with Crippen molar-refractivity contribution < 1.29 is 8.42 Å². The molecule has 1 aliphatic rings. The van der Waals surface area contributed by atoms with Crippen LogP contribution in [0.1, 0.15) is 18.5 Å². The average Bonchev–Trinajstić information content (AvgIpc) is 2.88. The van der Waals surface area contributed by atoms with Crippen LogP contribution in [0, 0.1) is 5.92 Å². The predicted octanol–water partition coefficient (Wildman–Crippen LogP) is 0.625.